The number of ether oxygens (including phenoxy) is 1. The maximum atomic E-state index is 12.3. The van der Waals surface area contributed by atoms with Crippen molar-refractivity contribution in [3.8, 4) is 0 Å². The van der Waals surface area contributed by atoms with Crippen LogP contribution >= 0.6 is 0 Å². The zero-order chi connectivity index (χ0) is 19.6. The first-order valence-electron chi connectivity index (χ1n) is 9.70. The SMILES string of the molecule is O=C(NC1CCC1)[C@H]1C[C@@H]2[C@@H](C1)OCCN2CC1CC1.O=C(O)C(F)(F)F. The fraction of sp³-hybridized carbons (Fsp3) is 0.889. The van der Waals surface area contributed by atoms with Crippen molar-refractivity contribution in [3.05, 3.63) is 0 Å². The molecule has 4 fully saturated rings. The van der Waals surface area contributed by atoms with Crippen LogP contribution < -0.4 is 5.32 Å². The Morgan fingerprint density at radius 2 is 1.81 bits per heavy atom. The summed E-state index contributed by atoms with van der Waals surface area (Å²) in [7, 11) is 0. The topological polar surface area (TPSA) is 78.9 Å². The van der Waals surface area contributed by atoms with Gasteiger partial charge in [-0.05, 0) is 50.9 Å². The monoisotopic (exact) mass is 392 g/mol. The Labute approximate surface area is 156 Å². The molecule has 0 spiro atoms. The van der Waals surface area contributed by atoms with Crippen LogP contribution in [0.5, 0.6) is 0 Å². The maximum Gasteiger partial charge on any atom is 0.490 e. The van der Waals surface area contributed by atoms with Crippen LogP contribution in [0.4, 0.5) is 13.2 Å². The largest absolute Gasteiger partial charge is 0.490 e. The number of hydrogen-bond acceptors (Lipinski definition) is 4. The second kappa shape index (κ2) is 8.34. The summed E-state index contributed by atoms with van der Waals surface area (Å²) in [6, 6.07) is 0.968. The Kier molecular flexibility index (Phi) is 6.30. The smallest absolute Gasteiger partial charge is 0.475 e. The molecule has 3 saturated carbocycles. The number of rotatable bonds is 4. The van der Waals surface area contributed by atoms with Crippen molar-refractivity contribution in [2.24, 2.45) is 11.8 Å². The fourth-order valence-corrected chi connectivity index (χ4v) is 3.97. The van der Waals surface area contributed by atoms with Gasteiger partial charge in [0.1, 0.15) is 0 Å². The van der Waals surface area contributed by atoms with E-state index in [1.54, 1.807) is 0 Å². The van der Waals surface area contributed by atoms with Crippen LogP contribution in [0, 0.1) is 11.8 Å². The fourth-order valence-electron chi connectivity index (χ4n) is 3.97. The van der Waals surface area contributed by atoms with Crippen LogP contribution in [0.2, 0.25) is 0 Å². The Balaban J connectivity index is 0.000000260. The third-order valence-electron chi connectivity index (χ3n) is 5.91. The molecule has 3 atom stereocenters. The average Bonchev–Trinajstić information content (AvgIpc) is 3.25. The van der Waals surface area contributed by atoms with Crippen molar-refractivity contribution in [2.75, 3.05) is 19.7 Å². The number of carbonyl (C=O) groups is 2. The average molecular weight is 392 g/mol. The summed E-state index contributed by atoms with van der Waals surface area (Å²) in [6.07, 6.45) is 3.60. The van der Waals surface area contributed by atoms with Crippen LogP contribution in [-0.2, 0) is 14.3 Å². The first-order valence-corrected chi connectivity index (χ1v) is 9.70. The van der Waals surface area contributed by atoms with E-state index in [-0.39, 0.29) is 5.92 Å². The molecule has 1 amide bonds. The van der Waals surface area contributed by atoms with Crippen molar-refractivity contribution < 1.29 is 32.6 Å². The van der Waals surface area contributed by atoms with Gasteiger partial charge in [-0.25, -0.2) is 4.79 Å². The van der Waals surface area contributed by atoms with Gasteiger partial charge in [0.25, 0.3) is 0 Å². The van der Waals surface area contributed by atoms with E-state index in [9.17, 15) is 18.0 Å². The Bertz CT molecular complexity index is 549. The number of amides is 1. The number of morpholine rings is 1. The summed E-state index contributed by atoms with van der Waals surface area (Å²) < 4.78 is 37.7. The van der Waals surface area contributed by atoms with Crippen LogP contribution in [-0.4, -0.2) is 65.9 Å². The van der Waals surface area contributed by atoms with Gasteiger partial charge >= 0.3 is 12.1 Å². The molecule has 3 aliphatic carbocycles. The van der Waals surface area contributed by atoms with E-state index in [0.717, 1.165) is 31.9 Å². The third kappa shape index (κ3) is 5.57. The minimum atomic E-state index is -5.08. The number of aliphatic carboxylic acids is 1. The molecule has 4 rings (SSSR count). The number of hydrogen-bond donors (Lipinski definition) is 2. The molecule has 6 nitrogen and oxygen atoms in total. The molecule has 2 N–H and O–H groups in total. The molecule has 0 aromatic rings. The molecule has 27 heavy (non-hydrogen) atoms. The summed E-state index contributed by atoms with van der Waals surface area (Å²) in [4.78, 5) is 23.9. The molecular weight excluding hydrogens is 365 g/mol. The number of nitrogens with one attached hydrogen (secondary N) is 1. The molecule has 0 unspecified atom stereocenters. The molecule has 1 heterocycles. The van der Waals surface area contributed by atoms with Gasteiger partial charge in [0.2, 0.25) is 5.91 Å². The number of carboxylic acids is 1. The molecule has 0 radical (unpaired) electrons. The van der Waals surface area contributed by atoms with Crippen LogP contribution in [0.25, 0.3) is 0 Å². The zero-order valence-electron chi connectivity index (χ0n) is 15.2. The normalized spacial score (nSPS) is 31.3. The molecule has 0 bridgehead atoms. The lowest BCUT2D eigenvalue weighted by molar-refractivity contribution is -0.192. The molecule has 1 aliphatic heterocycles. The Hall–Kier alpha value is -1.35. The van der Waals surface area contributed by atoms with E-state index in [4.69, 9.17) is 14.6 Å². The van der Waals surface area contributed by atoms with Gasteiger partial charge in [-0.2, -0.15) is 13.2 Å². The van der Waals surface area contributed by atoms with Crippen LogP contribution in [0.1, 0.15) is 44.9 Å². The second-order valence-electron chi connectivity index (χ2n) is 8.02. The molecule has 9 heteroatoms. The predicted octanol–water partition coefficient (Wildman–Crippen LogP) is 2.18. The van der Waals surface area contributed by atoms with E-state index < -0.39 is 12.1 Å². The summed E-state index contributed by atoms with van der Waals surface area (Å²) in [5, 5.41) is 10.3. The highest BCUT2D eigenvalue weighted by Gasteiger charge is 2.45. The first kappa shape index (κ1) is 20.4. The number of carboxylic acid groups (broad SMARTS) is 1. The van der Waals surface area contributed by atoms with Crippen molar-refractivity contribution in [1.29, 1.82) is 0 Å². The van der Waals surface area contributed by atoms with Crippen molar-refractivity contribution in [1.82, 2.24) is 10.2 Å². The van der Waals surface area contributed by atoms with E-state index in [2.05, 4.69) is 10.2 Å². The molecule has 4 aliphatic rings. The predicted molar refractivity (Wildman–Crippen MR) is 90.0 cm³/mol. The van der Waals surface area contributed by atoms with E-state index >= 15 is 0 Å². The zero-order valence-corrected chi connectivity index (χ0v) is 15.2. The summed E-state index contributed by atoms with van der Waals surface area (Å²) in [6.45, 7) is 3.15. The minimum absolute atomic E-state index is 0.186. The van der Waals surface area contributed by atoms with Crippen molar-refractivity contribution in [2.45, 2.75) is 69.3 Å². The van der Waals surface area contributed by atoms with Gasteiger partial charge in [0.05, 0.1) is 12.7 Å². The van der Waals surface area contributed by atoms with Gasteiger partial charge in [-0.1, -0.05) is 0 Å². The van der Waals surface area contributed by atoms with E-state index in [1.165, 1.54) is 38.6 Å². The summed E-state index contributed by atoms with van der Waals surface area (Å²) in [5.74, 6) is -1.35. The lowest BCUT2D eigenvalue weighted by Crippen LogP contribution is -2.49. The van der Waals surface area contributed by atoms with Gasteiger partial charge in [0, 0.05) is 31.1 Å². The molecule has 0 aromatic carbocycles. The van der Waals surface area contributed by atoms with Crippen LogP contribution in [0.15, 0.2) is 0 Å². The lowest BCUT2D eigenvalue weighted by atomic mass is 9.92. The highest BCUT2D eigenvalue weighted by atomic mass is 19.4. The third-order valence-corrected chi connectivity index (χ3v) is 5.91. The Morgan fingerprint density at radius 3 is 2.33 bits per heavy atom. The minimum Gasteiger partial charge on any atom is -0.475 e. The molecular formula is C18H27F3N2O4. The van der Waals surface area contributed by atoms with Gasteiger partial charge < -0.3 is 15.2 Å². The standard InChI is InChI=1S/C16H26N2O2.C2HF3O2/c19-16(17-13-2-1-3-13)12-8-14-15(9-12)20-7-6-18(14)10-11-4-5-11;3-2(4,5)1(6)7/h11-15H,1-10H2,(H,17,19);(H,6,7)/t12-,14+,15+;/m0./s1. The van der Waals surface area contributed by atoms with Crippen molar-refractivity contribution in [3.63, 3.8) is 0 Å². The number of nitrogens with zero attached hydrogens (tertiary/aromatic N) is 1. The first-order chi connectivity index (χ1) is 12.7. The maximum absolute atomic E-state index is 12.3. The molecule has 1 saturated heterocycles. The van der Waals surface area contributed by atoms with E-state index in [1.807, 2.05) is 0 Å². The quantitative estimate of drug-likeness (QED) is 0.767. The summed E-state index contributed by atoms with van der Waals surface area (Å²) >= 11 is 0. The summed E-state index contributed by atoms with van der Waals surface area (Å²) in [5.41, 5.74) is 0. The van der Waals surface area contributed by atoms with E-state index in [0.29, 0.717) is 24.1 Å². The van der Waals surface area contributed by atoms with Gasteiger partial charge in [0.15, 0.2) is 0 Å². The number of carbonyl (C=O) groups excluding carboxylic acids is 1. The number of alkyl halides is 3. The molecule has 0 aromatic heterocycles. The van der Waals surface area contributed by atoms with Crippen LogP contribution in [0.3, 0.4) is 0 Å². The highest BCUT2D eigenvalue weighted by molar-refractivity contribution is 5.79. The number of fused-ring (bicyclic) bond motifs is 1. The second-order valence-corrected chi connectivity index (χ2v) is 8.02. The Morgan fingerprint density at radius 1 is 1.15 bits per heavy atom. The molecule has 154 valence electrons. The lowest BCUT2D eigenvalue weighted by Gasteiger charge is -2.37. The number of halogens is 3. The van der Waals surface area contributed by atoms with Gasteiger partial charge in [-0.15, -0.1) is 0 Å². The highest BCUT2D eigenvalue weighted by Crippen LogP contribution is 2.38. The van der Waals surface area contributed by atoms with Crippen molar-refractivity contribution >= 4 is 11.9 Å². The van der Waals surface area contributed by atoms with Gasteiger partial charge in [-0.3, -0.25) is 9.69 Å².